The van der Waals surface area contributed by atoms with Crippen molar-refractivity contribution in [1.29, 1.82) is 0 Å². The average molecular weight is 497 g/mol. The van der Waals surface area contributed by atoms with Crippen LogP contribution in [0.3, 0.4) is 0 Å². The van der Waals surface area contributed by atoms with E-state index in [0.717, 1.165) is 36.8 Å². The van der Waals surface area contributed by atoms with Crippen LogP contribution in [0.5, 0.6) is 5.88 Å². The molecule has 0 N–H and O–H groups in total. The minimum atomic E-state index is -0.558. The number of carbonyl (C=O) groups excluding carboxylic acids is 1. The maximum atomic E-state index is 15.1. The van der Waals surface area contributed by atoms with Gasteiger partial charge in [0.2, 0.25) is 5.88 Å². The zero-order valence-electron chi connectivity index (χ0n) is 21.1. The maximum absolute atomic E-state index is 15.1. The van der Waals surface area contributed by atoms with Crippen LogP contribution in [0.1, 0.15) is 52.9 Å². The number of fused-ring (bicyclic) bond motifs is 1. The molecule has 0 unspecified atom stereocenters. The van der Waals surface area contributed by atoms with Crippen LogP contribution in [0.15, 0.2) is 30.7 Å². The highest BCUT2D eigenvalue weighted by Gasteiger charge is 2.28. The van der Waals surface area contributed by atoms with E-state index in [0.29, 0.717) is 37.7 Å². The smallest absolute Gasteiger partial charge is 0.410 e. The monoisotopic (exact) mass is 496 g/mol. The largest absolute Gasteiger partial charge is 0.474 e. The van der Waals surface area contributed by atoms with Gasteiger partial charge in [0.1, 0.15) is 11.7 Å². The summed E-state index contributed by atoms with van der Waals surface area (Å²) in [6.45, 7) is 7.27. The number of rotatable bonds is 4. The number of hydrogen-bond acceptors (Lipinski definition) is 7. The van der Waals surface area contributed by atoms with E-state index in [1.54, 1.807) is 17.3 Å². The lowest BCUT2D eigenvalue weighted by Crippen LogP contribution is -2.50. The van der Waals surface area contributed by atoms with Crippen LogP contribution < -0.4 is 9.64 Å². The number of piperazine rings is 1. The number of nitrogens with zero attached hydrogens (tertiary/aromatic N) is 6. The van der Waals surface area contributed by atoms with E-state index in [1.165, 1.54) is 17.1 Å². The number of aromatic nitrogens is 4. The second-order valence-corrected chi connectivity index (χ2v) is 10.4. The van der Waals surface area contributed by atoms with Crippen molar-refractivity contribution in [2.24, 2.45) is 0 Å². The second kappa shape index (κ2) is 9.91. The summed E-state index contributed by atoms with van der Waals surface area (Å²) in [6, 6.07) is 3.79. The summed E-state index contributed by atoms with van der Waals surface area (Å²) in [5, 5.41) is 4.34. The fourth-order valence-electron chi connectivity index (χ4n) is 4.75. The topological polar surface area (TPSA) is 85.1 Å². The molecular weight excluding hydrogens is 463 g/mol. The molecule has 3 aromatic heterocycles. The number of halogens is 1. The number of pyridine rings is 1. The first-order valence-corrected chi connectivity index (χ1v) is 12.7. The first-order valence-electron chi connectivity index (χ1n) is 12.7. The molecule has 1 amide bonds. The molecule has 0 atom stereocenters. The minimum Gasteiger partial charge on any atom is -0.474 e. The highest BCUT2D eigenvalue weighted by molar-refractivity contribution is 5.80. The van der Waals surface area contributed by atoms with Crippen molar-refractivity contribution in [2.45, 2.75) is 64.6 Å². The van der Waals surface area contributed by atoms with Crippen molar-refractivity contribution in [3.63, 3.8) is 0 Å². The molecule has 4 heterocycles. The van der Waals surface area contributed by atoms with Gasteiger partial charge in [-0.15, -0.1) is 0 Å². The van der Waals surface area contributed by atoms with Gasteiger partial charge >= 0.3 is 6.09 Å². The molecule has 5 rings (SSSR count). The van der Waals surface area contributed by atoms with Crippen LogP contribution in [0.4, 0.5) is 15.0 Å². The Kier molecular flexibility index (Phi) is 6.68. The van der Waals surface area contributed by atoms with Crippen molar-refractivity contribution in [3.8, 4) is 17.0 Å². The third-order valence-electron chi connectivity index (χ3n) is 6.55. The zero-order chi connectivity index (χ0) is 25.3. The molecule has 0 radical (unpaired) electrons. The highest BCUT2D eigenvalue weighted by Crippen LogP contribution is 2.34. The number of amides is 1. The van der Waals surface area contributed by atoms with Crippen LogP contribution in [0, 0.1) is 5.82 Å². The lowest BCUT2D eigenvalue weighted by atomic mass is 9.98. The molecule has 1 aliphatic carbocycles. The molecule has 2 fully saturated rings. The van der Waals surface area contributed by atoms with Gasteiger partial charge in [0, 0.05) is 37.9 Å². The lowest BCUT2D eigenvalue weighted by molar-refractivity contribution is 0.0240. The van der Waals surface area contributed by atoms with E-state index >= 15 is 4.39 Å². The van der Waals surface area contributed by atoms with Gasteiger partial charge < -0.3 is 19.3 Å². The maximum Gasteiger partial charge on any atom is 0.410 e. The molecule has 1 aliphatic heterocycles. The van der Waals surface area contributed by atoms with Gasteiger partial charge in [-0.1, -0.05) is 6.42 Å². The number of carbonyl (C=O) groups is 1. The van der Waals surface area contributed by atoms with Gasteiger partial charge in [-0.2, -0.15) is 5.10 Å². The van der Waals surface area contributed by atoms with E-state index in [2.05, 4.69) is 15.1 Å². The quantitative estimate of drug-likeness (QED) is 0.518. The molecule has 1 saturated heterocycles. The summed E-state index contributed by atoms with van der Waals surface area (Å²) < 4.78 is 28.3. The van der Waals surface area contributed by atoms with Gasteiger partial charge in [0.05, 0.1) is 18.0 Å². The van der Waals surface area contributed by atoms with Gasteiger partial charge in [-0.25, -0.2) is 23.7 Å². The van der Waals surface area contributed by atoms with Gasteiger partial charge in [-0.3, -0.25) is 0 Å². The predicted octanol–water partition coefficient (Wildman–Crippen LogP) is 4.70. The Labute approximate surface area is 210 Å². The van der Waals surface area contributed by atoms with Crippen molar-refractivity contribution < 1.29 is 18.7 Å². The van der Waals surface area contributed by atoms with Crippen LogP contribution in [-0.4, -0.2) is 68.5 Å². The summed E-state index contributed by atoms with van der Waals surface area (Å²) in [6.07, 6.45) is 10.1. The van der Waals surface area contributed by atoms with Crippen LogP contribution in [-0.2, 0) is 4.74 Å². The molecular formula is C26H33FN6O3. The summed E-state index contributed by atoms with van der Waals surface area (Å²) >= 11 is 0. The normalized spacial score (nSPS) is 17.4. The zero-order valence-corrected chi connectivity index (χ0v) is 21.1. The summed E-state index contributed by atoms with van der Waals surface area (Å²) in [4.78, 5) is 25.1. The number of anilines is 1. The molecule has 0 spiro atoms. The average Bonchev–Trinajstić information content (AvgIpc) is 3.26. The molecule has 3 aromatic rings. The van der Waals surface area contributed by atoms with E-state index < -0.39 is 11.4 Å². The molecule has 10 heteroatoms. The fraction of sp³-hybridized carbons (Fsp3) is 0.538. The molecule has 0 bridgehead atoms. The number of hydrogen-bond donors (Lipinski definition) is 0. The van der Waals surface area contributed by atoms with Crippen molar-refractivity contribution in [2.75, 3.05) is 31.1 Å². The Morgan fingerprint density at radius 2 is 1.83 bits per heavy atom. The molecule has 36 heavy (non-hydrogen) atoms. The Balaban J connectivity index is 1.38. The Bertz CT molecular complexity index is 1230. The Hall–Kier alpha value is -3.43. The fourth-order valence-corrected chi connectivity index (χ4v) is 4.75. The summed E-state index contributed by atoms with van der Waals surface area (Å²) in [7, 11) is 0. The first-order chi connectivity index (χ1) is 17.3. The Morgan fingerprint density at radius 3 is 2.56 bits per heavy atom. The predicted molar refractivity (Wildman–Crippen MR) is 134 cm³/mol. The van der Waals surface area contributed by atoms with E-state index in [9.17, 15) is 4.79 Å². The van der Waals surface area contributed by atoms with Gasteiger partial charge in [0.15, 0.2) is 17.3 Å². The number of ether oxygens (including phenoxy) is 2. The van der Waals surface area contributed by atoms with Crippen molar-refractivity contribution in [1.82, 2.24) is 24.5 Å². The van der Waals surface area contributed by atoms with Gasteiger partial charge in [0.25, 0.3) is 0 Å². The van der Waals surface area contributed by atoms with E-state index in [4.69, 9.17) is 9.47 Å². The third-order valence-corrected chi connectivity index (χ3v) is 6.55. The highest BCUT2D eigenvalue weighted by atomic mass is 19.1. The Morgan fingerprint density at radius 1 is 1.08 bits per heavy atom. The summed E-state index contributed by atoms with van der Waals surface area (Å²) in [5.74, 6) is 0.331. The van der Waals surface area contributed by atoms with Crippen molar-refractivity contribution in [3.05, 3.63) is 36.5 Å². The minimum absolute atomic E-state index is 0.150. The molecule has 9 nitrogen and oxygen atoms in total. The van der Waals surface area contributed by atoms with Crippen molar-refractivity contribution >= 4 is 17.6 Å². The molecule has 192 valence electrons. The first kappa shape index (κ1) is 24.3. The standard InChI is InChI=1S/C26H33FN6O3/c1-26(2,3)36-25(34)32-14-12-31(13-15-32)23-21(27)17-33-22(30-23)20(16-29-33)19-10-7-11-28-24(19)35-18-8-5-4-6-9-18/h7,10-11,16-18H,4-6,8-9,12-15H2,1-3H3. The molecule has 2 aliphatic rings. The van der Waals surface area contributed by atoms with Crippen LogP contribution in [0.25, 0.3) is 16.8 Å². The SMILES string of the molecule is CC(C)(C)OC(=O)N1CCN(c2nc3c(-c4cccnc4OC4CCCCC4)cnn3cc2F)CC1. The van der Waals surface area contributed by atoms with E-state index in [1.807, 2.05) is 37.8 Å². The van der Waals surface area contributed by atoms with E-state index in [-0.39, 0.29) is 18.0 Å². The van der Waals surface area contributed by atoms with Crippen LogP contribution >= 0.6 is 0 Å². The molecule has 1 saturated carbocycles. The van der Waals surface area contributed by atoms with Crippen LogP contribution in [0.2, 0.25) is 0 Å². The molecule has 0 aromatic carbocycles. The summed E-state index contributed by atoms with van der Waals surface area (Å²) in [5.41, 5.74) is 1.50. The lowest BCUT2D eigenvalue weighted by Gasteiger charge is -2.36. The third kappa shape index (κ3) is 5.22. The second-order valence-electron chi connectivity index (χ2n) is 10.4. The van der Waals surface area contributed by atoms with Gasteiger partial charge in [-0.05, 0) is 58.6 Å².